The highest BCUT2D eigenvalue weighted by Crippen LogP contribution is 2.38. The highest BCUT2D eigenvalue weighted by molar-refractivity contribution is 5.77. The molecule has 5 rings (SSSR count). The minimum Gasteiger partial charge on any atom is -0.383 e. The molecule has 1 aliphatic carbocycles. The van der Waals surface area contributed by atoms with E-state index in [2.05, 4.69) is 14.9 Å². The topological polar surface area (TPSA) is 73.1 Å². The van der Waals surface area contributed by atoms with Crippen LogP contribution >= 0.6 is 0 Å². The van der Waals surface area contributed by atoms with Crippen LogP contribution in [0.25, 0.3) is 10.9 Å². The van der Waals surface area contributed by atoms with Gasteiger partial charge in [-0.15, -0.1) is 0 Å². The highest BCUT2D eigenvalue weighted by Gasteiger charge is 2.33. The molecule has 0 saturated carbocycles. The Morgan fingerprint density at radius 1 is 1.17 bits per heavy atom. The first-order valence-electron chi connectivity index (χ1n) is 10.4. The third-order valence-corrected chi connectivity index (χ3v) is 6.09. The van der Waals surface area contributed by atoms with Crippen molar-refractivity contribution in [1.82, 2.24) is 19.5 Å². The second-order valence-electron chi connectivity index (χ2n) is 7.76. The van der Waals surface area contributed by atoms with E-state index in [0.717, 1.165) is 55.8 Å². The van der Waals surface area contributed by atoms with Crippen molar-refractivity contribution >= 4 is 16.7 Å². The number of hydrogen-bond donors (Lipinski definition) is 0. The van der Waals surface area contributed by atoms with E-state index in [1.807, 2.05) is 24.3 Å². The molecule has 3 aromatic rings. The molecule has 0 amide bonds. The maximum atomic E-state index is 13.3. The Hall–Kier alpha value is -2.80. The summed E-state index contributed by atoms with van der Waals surface area (Å²) < 4.78 is 7.08. The Morgan fingerprint density at radius 3 is 2.97 bits per heavy atom. The quantitative estimate of drug-likeness (QED) is 0.666. The molecular weight excluding hydrogens is 366 g/mol. The molecule has 0 N–H and O–H groups in total. The van der Waals surface area contributed by atoms with E-state index >= 15 is 0 Å². The first-order chi connectivity index (χ1) is 14.3. The van der Waals surface area contributed by atoms with Crippen LogP contribution in [0, 0.1) is 0 Å². The maximum absolute atomic E-state index is 13.3. The van der Waals surface area contributed by atoms with Crippen LogP contribution in [0.2, 0.25) is 0 Å². The summed E-state index contributed by atoms with van der Waals surface area (Å²) in [5, 5.41) is 0.653. The molecule has 150 valence electrons. The van der Waals surface area contributed by atoms with Crippen molar-refractivity contribution in [3.8, 4) is 0 Å². The number of benzene rings is 1. The Labute approximate surface area is 169 Å². The Kier molecular flexibility index (Phi) is 4.75. The van der Waals surface area contributed by atoms with Gasteiger partial charge in [-0.25, -0.2) is 15.0 Å². The number of methoxy groups -OCH3 is 1. The molecule has 1 aromatic carbocycles. The van der Waals surface area contributed by atoms with Crippen LogP contribution in [0.15, 0.2) is 35.4 Å². The number of anilines is 1. The molecular formula is C22H25N5O2. The first kappa shape index (κ1) is 18.2. The SMILES string of the molecule is COCCn1c(C2CCCN2c2ncnc3c2CCC3)nc2ccccc2c1=O. The Bertz CT molecular complexity index is 1110. The van der Waals surface area contributed by atoms with Gasteiger partial charge in [0.1, 0.15) is 18.0 Å². The van der Waals surface area contributed by atoms with Gasteiger partial charge < -0.3 is 9.64 Å². The molecule has 1 atom stereocenters. The van der Waals surface area contributed by atoms with E-state index in [4.69, 9.17) is 9.72 Å². The fourth-order valence-corrected chi connectivity index (χ4v) is 4.72. The molecule has 1 aliphatic heterocycles. The van der Waals surface area contributed by atoms with Crippen molar-refractivity contribution in [2.24, 2.45) is 0 Å². The smallest absolute Gasteiger partial charge is 0.261 e. The zero-order valence-corrected chi connectivity index (χ0v) is 16.7. The lowest BCUT2D eigenvalue weighted by Crippen LogP contribution is -2.34. The van der Waals surface area contributed by atoms with Gasteiger partial charge in [-0.2, -0.15) is 0 Å². The predicted molar refractivity (Wildman–Crippen MR) is 111 cm³/mol. The van der Waals surface area contributed by atoms with Crippen LogP contribution < -0.4 is 10.5 Å². The van der Waals surface area contributed by atoms with Gasteiger partial charge in [0, 0.05) is 24.9 Å². The third-order valence-electron chi connectivity index (χ3n) is 6.09. The van der Waals surface area contributed by atoms with Gasteiger partial charge in [0.05, 0.1) is 30.1 Å². The molecule has 1 fully saturated rings. The molecule has 7 heteroatoms. The van der Waals surface area contributed by atoms with Gasteiger partial charge in [0.2, 0.25) is 0 Å². The molecule has 2 aliphatic rings. The lowest BCUT2D eigenvalue weighted by Gasteiger charge is -2.28. The summed E-state index contributed by atoms with van der Waals surface area (Å²) in [6, 6.07) is 7.62. The third kappa shape index (κ3) is 3.09. The summed E-state index contributed by atoms with van der Waals surface area (Å²) in [6.07, 6.45) is 6.87. The zero-order chi connectivity index (χ0) is 19.8. The van der Waals surface area contributed by atoms with E-state index in [-0.39, 0.29) is 11.6 Å². The van der Waals surface area contributed by atoms with E-state index in [9.17, 15) is 4.79 Å². The van der Waals surface area contributed by atoms with Gasteiger partial charge in [-0.05, 0) is 44.2 Å². The van der Waals surface area contributed by atoms with Crippen LogP contribution in [0.3, 0.4) is 0 Å². The molecule has 0 bridgehead atoms. The second-order valence-corrected chi connectivity index (χ2v) is 7.76. The lowest BCUT2D eigenvalue weighted by molar-refractivity contribution is 0.184. The minimum atomic E-state index is 0.00224. The summed E-state index contributed by atoms with van der Waals surface area (Å²) in [7, 11) is 1.66. The van der Waals surface area contributed by atoms with Gasteiger partial charge in [-0.3, -0.25) is 9.36 Å². The Morgan fingerprint density at radius 2 is 2.07 bits per heavy atom. The van der Waals surface area contributed by atoms with Gasteiger partial charge >= 0.3 is 0 Å². The first-order valence-corrected chi connectivity index (χ1v) is 10.4. The van der Waals surface area contributed by atoms with Gasteiger partial charge in [0.25, 0.3) is 5.56 Å². The molecule has 0 spiro atoms. The van der Waals surface area contributed by atoms with Crippen molar-refractivity contribution in [2.75, 3.05) is 25.2 Å². The molecule has 3 heterocycles. The van der Waals surface area contributed by atoms with E-state index < -0.39 is 0 Å². The number of para-hydroxylation sites is 1. The fourth-order valence-electron chi connectivity index (χ4n) is 4.72. The average molecular weight is 391 g/mol. The van der Waals surface area contributed by atoms with Crippen LogP contribution in [0.1, 0.15) is 42.4 Å². The second kappa shape index (κ2) is 7.55. The lowest BCUT2D eigenvalue weighted by atomic mass is 10.1. The summed E-state index contributed by atoms with van der Waals surface area (Å²) in [5.41, 5.74) is 3.19. The number of aryl methyl sites for hydroxylation is 1. The molecule has 0 radical (unpaired) electrons. The molecule has 2 aromatic heterocycles. The van der Waals surface area contributed by atoms with Crippen LogP contribution in [-0.2, 0) is 24.1 Å². The number of hydrogen-bond acceptors (Lipinski definition) is 6. The minimum absolute atomic E-state index is 0.00224. The number of rotatable bonds is 5. The maximum Gasteiger partial charge on any atom is 0.261 e. The predicted octanol–water partition coefficient (Wildman–Crippen LogP) is 2.66. The monoisotopic (exact) mass is 391 g/mol. The number of aromatic nitrogens is 4. The average Bonchev–Trinajstić information content (AvgIpc) is 3.42. The van der Waals surface area contributed by atoms with Crippen molar-refractivity contribution in [3.05, 3.63) is 58.0 Å². The largest absolute Gasteiger partial charge is 0.383 e. The van der Waals surface area contributed by atoms with E-state index in [1.54, 1.807) is 18.0 Å². The van der Waals surface area contributed by atoms with Crippen molar-refractivity contribution in [3.63, 3.8) is 0 Å². The van der Waals surface area contributed by atoms with Gasteiger partial charge in [-0.1, -0.05) is 12.1 Å². The molecule has 29 heavy (non-hydrogen) atoms. The van der Waals surface area contributed by atoms with Crippen molar-refractivity contribution in [2.45, 2.75) is 44.7 Å². The number of fused-ring (bicyclic) bond motifs is 2. The highest BCUT2D eigenvalue weighted by atomic mass is 16.5. The van der Waals surface area contributed by atoms with Crippen LogP contribution in [0.4, 0.5) is 5.82 Å². The molecule has 1 saturated heterocycles. The normalized spacial score (nSPS) is 18.5. The molecule has 1 unspecified atom stereocenters. The number of ether oxygens (including phenoxy) is 1. The molecule has 7 nitrogen and oxygen atoms in total. The van der Waals surface area contributed by atoms with E-state index in [0.29, 0.717) is 18.5 Å². The summed E-state index contributed by atoms with van der Waals surface area (Å²) in [6.45, 7) is 1.89. The summed E-state index contributed by atoms with van der Waals surface area (Å²) >= 11 is 0. The summed E-state index contributed by atoms with van der Waals surface area (Å²) in [4.78, 5) is 29.7. The van der Waals surface area contributed by atoms with E-state index in [1.165, 1.54) is 11.3 Å². The standard InChI is InChI=1S/C22H25N5O2/c1-29-13-12-27-21(25-18-8-3-2-6-16(18)22(27)28)19-10-5-11-26(19)20-15-7-4-9-17(15)23-14-24-20/h2-3,6,8,14,19H,4-5,7,9-13H2,1H3. The van der Waals surface area contributed by atoms with Crippen LogP contribution in [-0.4, -0.2) is 39.8 Å². The van der Waals surface area contributed by atoms with Crippen LogP contribution in [0.5, 0.6) is 0 Å². The fraction of sp³-hybridized carbons (Fsp3) is 0.455. The van der Waals surface area contributed by atoms with Crippen molar-refractivity contribution < 1.29 is 4.74 Å². The van der Waals surface area contributed by atoms with Gasteiger partial charge in [0.15, 0.2) is 0 Å². The van der Waals surface area contributed by atoms with Crippen molar-refractivity contribution in [1.29, 1.82) is 0 Å². The summed E-state index contributed by atoms with van der Waals surface area (Å²) in [5.74, 6) is 1.84. The zero-order valence-electron chi connectivity index (χ0n) is 16.7. The number of nitrogens with zero attached hydrogens (tertiary/aromatic N) is 5. The Balaban J connectivity index is 1.64.